The van der Waals surface area contributed by atoms with Gasteiger partial charge in [-0.3, -0.25) is 19.2 Å². The Balaban J connectivity index is 0.000000248. The second kappa shape index (κ2) is 21.7. The van der Waals surface area contributed by atoms with Gasteiger partial charge in [-0.2, -0.15) is 0 Å². The molecule has 0 aliphatic heterocycles. The van der Waals surface area contributed by atoms with Crippen molar-refractivity contribution in [3.63, 3.8) is 0 Å². The summed E-state index contributed by atoms with van der Waals surface area (Å²) in [6, 6.07) is 32.0. The van der Waals surface area contributed by atoms with Crippen LogP contribution in [0.25, 0.3) is 0 Å². The van der Waals surface area contributed by atoms with Gasteiger partial charge in [0.15, 0.2) is 0 Å². The van der Waals surface area contributed by atoms with Gasteiger partial charge in [0.2, 0.25) is 36.4 Å². The van der Waals surface area contributed by atoms with Crippen LogP contribution < -0.4 is 48.5 Å². The summed E-state index contributed by atoms with van der Waals surface area (Å²) in [7, 11) is 2.09. The van der Waals surface area contributed by atoms with Crippen molar-refractivity contribution in [3.8, 4) is 46.0 Å². The van der Waals surface area contributed by atoms with Crippen LogP contribution in [0.15, 0.2) is 121 Å². The molecule has 6 rings (SSSR count). The third-order valence-electron chi connectivity index (χ3n) is 10.5. The number of benzene rings is 6. The van der Waals surface area contributed by atoms with E-state index >= 15 is 0 Å². The van der Waals surface area contributed by atoms with Crippen LogP contribution in [0.1, 0.15) is 52.6 Å². The Morgan fingerprint density at radius 3 is 0.894 bits per heavy atom. The number of methoxy groups -OCH3 is 8. The van der Waals surface area contributed by atoms with Gasteiger partial charge in [-0.25, -0.2) is 0 Å². The number of ether oxygens (including phenoxy) is 8. The molecule has 0 unspecified atom stereocenters. The van der Waals surface area contributed by atoms with E-state index in [0.29, 0.717) is 5.56 Å². The SMILES string of the molecule is COc1cccc(OC)c1C(=O)P(=O)(C(=O)c1c(OC)cccc1OC)c1cc(C)ccc1C.COc1cccc(OC)c1C(=O)P(=O)(C(=O)c1c(OC)cccc1OC)c1ccccc1. The van der Waals surface area contributed by atoms with Crippen molar-refractivity contribution >= 4 is 47.0 Å². The fourth-order valence-electron chi connectivity index (χ4n) is 7.21. The molecule has 0 fully saturated rings. The van der Waals surface area contributed by atoms with Crippen LogP contribution in [0.4, 0.5) is 0 Å². The van der Waals surface area contributed by atoms with Gasteiger partial charge in [-0.05, 0) is 74.0 Å². The van der Waals surface area contributed by atoms with E-state index < -0.39 is 36.4 Å². The van der Waals surface area contributed by atoms with E-state index in [-0.39, 0.29) is 78.9 Å². The van der Waals surface area contributed by atoms with Crippen LogP contribution in [0.5, 0.6) is 46.0 Å². The lowest BCUT2D eigenvalue weighted by atomic mass is 10.2. The summed E-state index contributed by atoms with van der Waals surface area (Å²) in [5.74, 6) is 1.17. The first-order valence-electron chi connectivity index (χ1n) is 20.0. The van der Waals surface area contributed by atoms with Crippen molar-refractivity contribution in [2.75, 3.05) is 56.9 Å². The highest BCUT2D eigenvalue weighted by atomic mass is 31.2. The molecule has 0 aromatic heterocycles. The first kappa shape index (κ1) is 49.9. The summed E-state index contributed by atoms with van der Waals surface area (Å²) in [6.45, 7) is 3.51. The van der Waals surface area contributed by atoms with Gasteiger partial charge in [0, 0.05) is 10.6 Å². The Morgan fingerprint density at radius 2 is 0.621 bits per heavy atom. The maximum atomic E-state index is 14.9. The molecule has 6 aromatic rings. The number of carbonyl (C=O) groups is 4. The molecule has 0 aliphatic rings. The number of hydrogen-bond acceptors (Lipinski definition) is 14. The normalized spacial score (nSPS) is 10.9. The van der Waals surface area contributed by atoms with Gasteiger partial charge in [-0.1, -0.05) is 72.3 Å². The van der Waals surface area contributed by atoms with Gasteiger partial charge in [0.05, 0.1) is 56.9 Å². The minimum atomic E-state index is -4.52. The average Bonchev–Trinajstić information content (AvgIpc) is 3.36. The van der Waals surface area contributed by atoms with Gasteiger partial charge >= 0.3 is 0 Å². The van der Waals surface area contributed by atoms with E-state index in [1.807, 2.05) is 6.07 Å². The fraction of sp³-hybridized carbons (Fsp3) is 0.200. The minimum Gasteiger partial charge on any atom is -0.496 e. The summed E-state index contributed by atoms with van der Waals surface area (Å²) in [6.07, 6.45) is 0. The molecule has 344 valence electrons. The monoisotopic (exact) mass is 936 g/mol. The topological polar surface area (TPSA) is 176 Å². The van der Waals surface area contributed by atoms with E-state index in [2.05, 4.69) is 0 Å². The molecule has 0 saturated carbocycles. The molecular weight excluding hydrogens is 886 g/mol. The van der Waals surface area contributed by atoms with Gasteiger partial charge in [0.1, 0.15) is 68.2 Å². The van der Waals surface area contributed by atoms with Crippen LogP contribution in [-0.4, -0.2) is 79.0 Å². The maximum Gasteiger partial charge on any atom is 0.249 e. The number of carbonyl (C=O) groups excluding carboxylic acids is 4. The van der Waals surface area contributed by atoms with Crippen molar-refractivity contribution in [1.29, 1.82) is 0 Å². The molecule has 0 N–H and O–H groups in total. The van der Waals surface area contributed by atoms with Crippen molar-refractivity contribution in [3.05, 3.63) is 155 Å². The smallest absolute Gasteiger partial charge is 0.249 e. The molecule has 0 spiro atoms. The summed E-state index contributed by atoms with van der Waals surface area (Å²) < 4.78 is 72.4. The zero-order valence-electron chi connectivity index (χ0n) is 38.2. The third kappa shape index (κ3) is 9.34. The molecule has 66 heavy (non-hydrogen) atoms. The lowest BCUT2D eigenvalue weighted by Gasteiger charge is -2.22. The van der Waals surface area contributed by atoms with E-state index in [9.17, 15) is 28.3 Å². The summed E-state index contributed by atoms with van der Waals surface area (Å²) in [5.41, 5.74) is -2.61. The molecular formula is C50H50O14P2. The zero-order chi connectivity index (χ0) is 48.3. The maximum absolute atomic E-state index is 14.9. The van der Waals surface area contributed by atoms with Gasteiger partial charge in [0.25, 0.3) is 0 Å². The van der Waals surface area contributed by atoms with Crippen molar-refractivity contribution in [2.24, 2.45) is 0 Å². The van der Waals surface area contributed by atoms with Crippen molar-refractivity contribution in [2.45, 2.75) is 13.8 Å². The Hall–Kier alpha value is -7.14. The highest BCUT2D eigenvalue weighted by molar-refractivity contribution is 8.01. The largest absolute Gasteiger partial charge is 0.496 e. The molecule has 6 aromatic carbocycles. The summed E-state index contributed by atoms with van der Waals surface area (Å²) in [5, 5.41) is 0.222. The first-order chi connectivity index (χ1) is 31.7. The zero-order valence-corrected chi connectivity index (χ0v) is 39.9. The highest BCUT2D eigenvalue weighted by Crippen LogP contribution is 2.57. The molecule has 0 radical (unpaired) electrons. The van der Waals surface area contributed by atoms with Crippen LogP contribution in [0, 0.1) is 13.8 Å². The highest BCUT2D eigenvalue weighted by Gasteiger charge is 2.49. The minimum absolute atomic E-state index is 0.0704. The third-order valence-corrected chi connectivity index (χ3v) is 15.9. The Morgan fingerprint density at radius 1 is 0.348 bits per heavy atom. The van der Waals surface area contributed by atoms with Crippen molar-refractivity contribution < 1.29 is 66.2 Å². The first-order valence-corrected chi connectivity index (χ1v) is 23.5. The predicted molar refractivity (Wildman–Crippen MR) is 252 cm³/mol. The molecule has 14 nitrogen and oxygen atoms in total. The molecule has 0 atom stereocenters. The molecule has 0 heterocycles. The average molecular weight is 937 g/mol. The Bertz CT molecular complexity index is 2640. The van der Waals surface area contributed by atoms with Crippen LogP contribution in [0.3, 0.4) is 0 Å². The Labute approximate surface area is 383 Å². The Kier molecular flexibility index (Phi) is 16.4. The number of aryl methyl sites for hydroxylation is 2. The number of rotatable bonds is 18. The van der Waals surface area contributed by atoms with Crippen LogP contribution >= 0.6 is 14.3 Å². The molecule has 0 amide bonds. The second-order valence-corrected chi connectivity index (χ2v) is 19.3. The lowest BCUT2D eigenvalue weighted by Crippen LogP contribution is -2.24. The summed E-state index contributed by atoms with van der Waals surface area (Å²) >= 11 is 0. The van der Waals surface area contributed by atoms with Crippen molar-refractivity contribution in [1.82, 2.24) is 0 Å². The van der Waals surface area contributed by atoms with Gasteiger partial charge < -0.3 is 47.0 Å². The van der Waals surface area contributed by atoms with E-state index in [4.69, 9.17) is 37.9 Å². The number of hydrogen-bond donors (Lipinski definition) is 0. The summed E-state index contributed by atoms with van der Waals surface area (Å²) in [4.78, 5) is 56.2. The molecule has 16 heteroatoms. The van der Waals surface area contributed by atoms with E-state index in [1.165, 1.54) is 69.0 Å². The van der Waals surface area contributed by atoms with Crippen LogP contribution in [0.2, 0.25) is 0 Å². The predicted octanol–water partition coefficient (Wildman–Crippen LogP) is 9.40. The molecule has 0 aliphatic carbocycles. The van der Waals surface area contributed by atoms with E-state index in [1.54, 1.807) is 117 Å². The molecule has 0 saturated heterocycles. The van der Waals surface area contributed by atoms with E-state index in [0.717, 1.165) is 5.56 Å². The lowest BCUT2D eigenvalue weighted by molar-refractivity contribution is 0.102. The molecule has 0 bridgehead atoms. The quantitative estimate of drug-likeness (QED) is 0.0745. The second-order valence-electron chi connectivity index (χ2n) is 14.2. The fourth-order valence-corrected chi connectivity index (χ4v) is 12.2. The standard InChI is InChI=1S/C26H27O7P.C24H23O7P/c1-16-13-14-17(2)22(15-16)34(29,25(27)23-18(30-3)9-7-10-19(23)31-4)26(28)24-20(32-5)11-8-12-21(24)33-6;1-28-17-12-8-13-18(29-2)21(17)23(25)32(27,16-10-6-5-7-11-16)24(26)22-19(30-3)14-9-15-20(22)31-4/h7-15H,1-6H3;5-15H,1-4H3. The van der Waals surface area contributed by atoms with Crippen LogP contribution in [-0.2, 0) is 9.13 Å². The van der Waals surface area contributed by atoms with Gasteiger partial charge in [-0.15, -0.1) is 0 Å².